The topological polar surface area (TPSA) is 80.8 Å². The molecule has 2 N–H and O–H groups in total. The number of nitriles is 1. The zero-order valence-corrected chi connectivity index (χ0v) is 14.6. The largest absolute Gasteiger partial charge is 0.595 e. The van der Waals surface area contributed by atoms with Crippen LogP contribution in [0.4, 0.5) is 10.1 Å². The number of hydrogen-bond donors (Lipinski definition) is 2. The maximum absolute atomic E-state index is 13.1. The van der Waals surface area contributed by atoms with E-state index in [-0.39, 0.29) is 11.5 Å². The van der Waals surface area contributed by atoms with Gasteiger partial charge in [-0.3, -0.25) is 0 Å². The van der Waals surface area contributed by atoms with E-state index in [0.29, 0.717) is 28.9 Å². The molecule has 0 saturated carbocycles. The Bertz CT molecular complexity index is 995. The average molecular weight is 364 g/mol. The Morgan fingerprint density at radius 3 is 2.52 bits per heavy atom. The standard InChI is InChI=1S/C21H17FN2O3/c1-27-20-10-7-15(11-14-5-8-17(22)9-6-14)19(13-23)21(20)16-3-2-4-18(12-16)24(25)26/h2-10,12,24-25H,11H2,1H3. The van der Waals surface area contributed by atoms with E-state index in [0.717, 1.165) is 11.1 Å². The van der Waals surface area contributed by atoms with E-state index in [1.165, 1.54) is 31.4 Å². The normalized spacial score (nSPS) is 11.7. The fourth-order valence-corrected chi connectivity index (χ4v) is 2.99. The molecule has 0 amide bonds. The molecule has 27 heavy (non-hydrogen) atoms. The summed E-state index contributed by atoms with van der Waals surface area (Å²) >= 11 is 0. The van der Waals surface area contributed by atoms with Crippen molar-refractivity contribution < 1.29 is 19.6 Å². The van der Waals surface area contributed by atoms with Crippen LogP contribution in [0.1, 0.15) is 16.7 Å². The van der Waals surface area contributed by atoms with Crippen molar-refractivity contribution in [1.82, 2.24) is 0 Å². The molecule has 0 fully saturated rings. The summed E-state index contributed by atoms with van der Waals surface area (Å²) in [5.74, 6) is 0.164. The Balaban J connectivity index is 2.13. The van der Waals surface area contributed by atoms with Gasteiger partial charge in [-0.15, -0.1) is 0 Å². The van der Waals surface area contributed by atoms with E-state index in [2.05, 4.69) is 6.07 Å². The SMILES string of the molecule is COc1ccc(Cc2ccc(F)cc2)c(C#N)c1-c1cccc([NH+]([O-])O)c1. The van der Waals surface area contributed by atoms with Gasteiger partial charge in [-0.1, -0.05) is 30.3 Å². The van der Waals surface area contributed by atoms with E-state index in [9.17, 15) is 20.1 Å². The Labute approximate surface area is 156 Å². The minimum atomic E-state index is -1.04. The van der Waals surface area contributed by atoms with Gasteiger partial charge in [0.05, 0.1) is 12.7 Å². The molecule has 0 aliphatic carbocycles. The van der Waals surface area contributed by atoms with Gasteiger partial charge >= 0.3 is 0 Å². The van der Waals surface area contributed by atoms with Crippen molar-refractivity contribution in [3.05, 3.63) is 88.4 Å². The zero-order chi connectivity index (χ0) is 19.4. The van der Waals surface area contributed by atoms with Crippen LogP contribution in [0.2, 0.25) is 0 Å². The van der Waals surface area contributed by atoms with Crippen LogP contribution < -0.4 is 9.96 Å². The molecule has 1 atom stereocenters. The van der Waals surface area contributed by atoms with E-state index >= 15 is 0 Å². The highest BCUT2D eigenvalue weighted by atomic mass is 19.1. The first-order chi connectivity index (χ1) is 13.0. The number of nitrogens with one attached hydrogen (secondary N) is 1. The molecule has 0 bridgehead atoms. The lowest BCUT2D eigenvalue weighted by molar-refractivity contribution is -0.991. The third kappa shape index (κ3) is 3.96. The van der Waals surface area contributed by atoms with Gasteiger partial charge in [0.2, 0.25) is 0 Å². The summed E-state index contributed by atoms with van der Waals surface area (Å²) in [7, 11) is 1.50. The highest BCUT2D eigenvalue weighted by Crippen LogP contribution is 2.36. The number of quaternary nitrogens is 1. The number of nitrogens with zero attached hydrogens (tertiary/aromatic N) is 1. The molecule has 1 unspecified atom stereocenters. The Hall–Kier alpha value is -3.24. The van der Waals surface area contributed by atoms with E-state index < -0.39 is 5.23 Å². The first-order valence-corrected chi connectivity index (χ1v) is 8.21. The average Bonchev–Trinajstić information content (AvgIpc) is 2.69. The smallest absolute Gasteiger partial charge is 0.164 e. The lowest BCUT2D eigenvalue weighted by Gasteiger charge is -2.16. The van der Waals surface area contributed by atoms with Crippen LogP contribution in [0.25, 0.3) is 11.1 Å². The zero-order valence-electron chi connectivity index (χ0n) is 14.6. The molecule has 6 heteroatoms. The predicted octanol–water partition coefficient (Wildman–Crippen LogP) is 3.37. The van der Waals surface area contributed by atoms with Crippen molar-refractivity contribution in [3.63, 3.8) is 0 Å². The highest BCUT2D eigenvalue weighted by Gasteiger charge is 2.17. The Morgan fingerprint density at radius 1 is 1.15 bits per heavy atom. The van der Waals surface area contributed by atoms with Gasteiger partial charge in [0.15, 0.2) is 5.69 Å². The van der Waals surface area contributed by atoms with Gasteiger partial charge < -0.3 is 9.94 Å². The highest BCUT2D eigenvalue weighted by molar-refractivity contribution is 5.79. The summed E-state index contributed by atoms with van der Waals surface area (Å²) in [6.07, 6.45) is 0.443. The first kappa shape index (κ1) is 18.5. The van der Waals surface area contributed by atoms with Crippen molar-refractivity contribution >= 4 is 5.69 Å². The second kappa shape index (κ2) is 7.98. The van der Waals surface area contributed by atoms with Crippen molar-refractivity contribution in [2.75, 3.05) is 7.11 Å². The number of rotatable bonds is 5. The maximum atomic E-state index is 13.1. The van der Waals surface area contributed by atoms with E-state index in [4.69, 9.17) is 4.74 Å². The first-order valence-electron chi connectivity index (χ1n) is 8.21. The van der Waals surface area contributed by atoms with Crippen LogP contribution in [0, 0.1) is 22.4 Å². The van der Waals surface area contributed by atoms with E-state index in [1.54, 1.807) is 36.4 Å². The number of ether oxygens (including phenoxy) is 1. The molecule has 3 rings (SSSR count). The minimum absolute atomic E-state index is 0.127. The third-order valence-electron chi connectivity index (χ3n) is 4.29. The van der Waals surface area contributed by atoms with Gasteiger partial charge in [-0.05, 0) is 41.3 Å². The number of methoxy groups -OCH3 is 1. The van der Waals surface area contributed by atoms with Crippen LogP contribution >= 0.6 is 0 Å². The Kier molecular flexibility index (Phi) is 5.48. The van der Waals surface area contributed by atoms with Crippen LogP contribution in [-0.2, 0) is 6.42 Å². The van der Waals surface area contributed by atoms with Gasteiger partial charge in [-0.25, -0.2) is 9.60 Å². The molecule has 0 aromatic heterocycles. The summed E-state index contributed by atoms with van der Waals surface area (Å²) < 4.78 is 18.6. The quantitative estimate of drug-likeness (QED) is 0.680. The lowest BCUT2D eigenvalue weighted by atomic mass is 9.91. The van der Waals surface area contributed by atoms with Gasteiger partial charge in [-0.2, -0.15) is 10.5 Å². The molecular formula is C21H17FN2O3. The van der Waals surface area contributed by atoms with Gasteiger partial charge in [0.1, 0.15) is 17.6 Å². The fraction of sp³-hybridized carbons (Fsp3) is 0.0952. The summed E-state index contributed by atoms with van der Waals surface area (Å²) in [5, 5.41) is 29.3. The van der Waals surface area contributed by atoms with Crippen molar-refractivity contribution in [1.29, 1.82) is 5.26 Å². The monoisotopic (exact) mass is 364 g/mol. The van der Waals surface area contributed by atoms with Crippen LogP contribution in [0.15, 0.2) is 60.7 Å². The maximum Gasteiger partial charge on any atom is 0.164 e. The van der Waals surface area contributed by atoms with Gasteiger partial charge in [0, 0.05) is 17.7 Å². The molecule has 5 nitrogen and oxygen atoms in total. The number of halogens is 1. The molecule has 3 aromatic carbocycles. The number of benzene rings is 3. The van der Waals surface area contributed by atoms with Crippen molar-refractivity contribution in [2.24, 2.45) is 0 Å². The number of hydrogen-bond acceptors (Lipinski definition) is 4. The summed E-state index contributed by atoms with van der Waals surface area (Å²) in [6, 6.07) is 18.2. The van der Waals surface area contributed by atoms with Crippen LogP contribution in [0.5, 0.6) is 5.75 Å². The fourth-order valence-electron chi connectivity index (χ4n) is 2.99. The molecule has 3 aromatic rings. The summed E-state index contributed by atoms with van der Waals surface area (Å²) in [4.78, 5) is 0. The van der Waals surface area contributed by atoms with Gasteiger partial charge in [0.25, 0.3) is 0 Å². The Morgan fingerprint density at radius 2 is 1.89 bits per heavy atom. The van der Waals surface area contributed by atoms with Crippen molar-refractivity contribution in [3.8, 4) is 22.9 Å². The molecule has 136 valence electrons. The lowest BCUT2D eigenvalue weighted by Crippen LogP contribution is -2.99. The molecule has 0 aliphatic heterocycles. The summed E-state index contributed by atoms with van der Waals surface area (Å²) in [5.41, 5.74) is 3.28. The van der Waals surface area contributed by atoms with Crippen LogP contribution in [0.3, 0.4) is 0 Å². The molecule has 0 heterocycles. The second-order valence-electron chi connectivity index (χ2n) is 5.98. The third-order valence-corrected chi connectivity index (χ3v) is 4.29. The predicted molar refractivity (Wildman–Crippen MR) is 98.1 cm³/mol. The molecule has 0 spiro atoms. The molecule has 0 aliphatic rings. The second-order valence-corrected chi connectivity index (χ2v) is 5.98. The minimum Gasteiger partial charge on any atom is -0.595 e. The van der Waals surface area contributed by atoms with E-state index in [1.807, 2.05) is 0 Å². The molecule has 0 saturated heterocycles. The van der Waals surface area contributed by atoms with Crippen LogP contribution in [-0.4, -0.2) is 12.3 Å². The summed E-state index contributed by atoms with van der Waals surface area (Å²) in [6.45, 7) is 0. The molecule has 0 radical (unpaired) electrons. The van der Waals surface area contributed by atoms with Crippen molar-refractivity contribution in [2.45, 2.75) is 6.42 Å². The molecular weight excluding hydrogens is 347 g/mol.